The molecule has 1 aromatic carbocycles. The molecule has 0 fully saturated rings. The van der Waals surface area contributed by atoms with Crippen LogP contribution in [0.1, 0.15) is 35.6 Å². The van der Waals surface area contributed by atoms with Gasteiger partial charge < -0.3 is 9.84 Å². The average Bonchev–Trinajstić information content (AvgIpc) is 2.34. The molecule has 1 rings (SSSR count). The molecular weight excluding hydrogens is 230 g/mol. The van der Waals surface area contributed by atoms with Crippen molar-refractivity contribution in [1.82, 2.24) is 0 Å². The second-order valence-corrected chi connectivity index (χ2v) is 4.26. The number of azide groups is 1. The van der Waals surface area contributed by atoms with Crippen LogP contribution < -0.4 is 4.74 Å². The Hall–Kier alpha value is -1.71. The highest BCUT2D eigenvalue weighted by molar-refractivity contribution is 5.43. The van der Waals surface area contributed by atoms with Gasteiger partial charge in [0.15, 0.2) is 0 Å². The van der Waals surface area contributed by atoms with Crippen molar-refractivity contribution in [2.75, 3.05) is 13.7 Å². The Balaban J connectivity index is 3.14. The molecule has 5 heteroatoms. The van der Waals surface area contributed by atoms with E-state index >= 15 is 0 Å². The maximum absolute atomic E-state index is 8.90. The van der Waals surface area contributed by atoms with Crippen LogP contribution >= 0.6 is 0 Å². The van der Waals surface area contributed by atoms with Crippen LogP contribution in [0.5, 0.6) is 5.75 Å². The predicted octanol–water partition coefficient (Wildman–Crippen LogP) is 3.44. The van der Waals surface area contributed by atoms with Crippen molar-refractivity contribution in [3.05, 3.63) is 39.3 Å². The summed E-state index contributed by atoms with van der Waals surface area (Å²) >= 11 is 0. The van der Waals surface area contributed by atoms with Crippen molar-refractivity contribution in [1.29, 1.82) is 0 Å². The summed E-state index contributed by atoms with van der Waals surface area (Å²) in [5.74, 6) is 0.801. The minimum atomic E-state index is -0.229. The fourth-order valence-corrected chi connectivity index (χ4v) is 2.19. The van der Waals surface area contributed by atoms with E-state index in [4.69, 9.17) is 15.4 Å². The summed E-state index contributed by atoms with van der Waals surface area (Å²) in [6, 6.07) is 3.63. The minimum Gasteiger partial charge on any atom is -0.497 e. The van der Waals surface area contributed by atoms with E-state index in [1.165, 1.54) is 0 Å². The molecule has 5 nitrogen and oxygen atoms in total. The molecule has 0 heterocycles. The lowest BCUT2D eigenvalue weighted by Crippen LogP contribution is -2.03. The number of hydrogen-bond donors (Lipinski definition) is 1. The first-order valence-electron chi connectivity index (χ1n) is 5.94. The summed E-state index contributed by atoms with van der Waals surface area (Å²) < 4.78 is 5.21. The van der Waals surface area contributed by atoms with Crippen molar-refractivity contribution < 1.29 is 9.84 Å². The molecule has 0 spiro atoms. The van der Waals surface area contributed by atoms with Crippen LogP contribution in [-0.2, 0) is 0 Å². The molecule has 98 valence electrons. The number of hydrogen-bond acceptors (Lipinski definition) is 3. The van der Waals surface area contributed by atoms with E-state index in [1.807, 2.05) is 26.0 Å². The Morgan fingerprint density at radius 3 is 2.44 bits per heavy atom. The normalized spacial score (nSPS) is 11.8. The number of methoxy groups -OCH3 is 1. The van der Waals surface area contributed by atoms with E-state index in [2.05, 4.69) is 10.0 Å². The third-order valence-electron chi connectivity index (χ3n) is 2.96. The molecule has 0 saturated heterocycles. The van der Waals surface area contributed by atoms with Crippen LogP contribution in [-0.4, -0.2) is 18.8 Å². The van der Waals surface area contributed by atoms with E-state index in [0.29, 0.717) is 12.8 Å². The zero-order valence-corrected chi connectivity index (χ0v) is 11.1. The molecule has 1 aromatic rings. The van der Waals surface area contributed by atoms with Crippen LogP contribution in [0.25, 0.3) is 10.4 Å². The van der Waals surface area contributed by atoms with E-state index in [0.717, 1.165) is 22.4 Å². The van der Waals surface area contributed by atoms with E-state index in [9.17, 15) is 0 Å². The summed E-state index contributed by atoms with van der Waals surface area (Å²) in [5.41, 5.74) is 11.8. The summed E-state index contributed by atoms with van der Waals surface area (Å²) in [6.07, 6.45) is 1.27. The number of ether oxygens (including phenoxy) is 1. The van der Waals surface area contributed by atoms with E-state index in [1.54, 1.807) is 7.11 Å². The highest BCUT2D eigenvalue weighted by Crippen LogP contribution is 2.31. The Kier molecular flexibility index (Phi) is 5.49. The zero-order chi connectivity index (χ0) is 13.5. The Morgan fingerprint density at radius 2 is 2.00 bits per heavy atom. The summed E-state index contributed by atoms with van der Waals surface area (Å²) in [6.45, 7) is 4.05. The Morgan fingerprint density at radius 1 is 1.39 bits per heavy atom. The van der Waals surface area contributed by atoms with Crippen molar-refractivity contribution in [3.8, 4) is 5.75 Å². The lowest BCUT2D eigenvalue weighted by atomic mass is 9.93. The summed E-state index contributed by atoms with van der Waals surface area (Å²) in [7, 11) is 1.63. The van der Waals surface area contributed by atoms with Gasteiger partial charge in [0.2, 0.25) is 0 Å². The van der Waals surface area contributed by atoms with Crippen molar-refractivity contribution in [2.45, 2.75) is 32.7 Å². The summed E-state index contributed by atoms with van der Waals surface area (Å²) in [5, 5.41) is 12.7. The molecule has 1 unspecified atom stereocenters. The average molecular weight is 249 g/mol. The van der Waals surface area contributed by atoms with Gasteiger partial charge in [-0.1, -0.05) is 5.11 Å². The first-order chi connectivity index (χ1) is 8.63. The standard InChI is InChI=1S/C13H19N3O2/c1-9-7-11(18-3)8-10(2)13(9)12(15-16-14)5-4-6-17/h7-8,12,17H,4-6H2,1-3H3. The SMILES string of the molecule is COc1cc(C)c(C(CCCO)N=[N+]=[N-])c(C)c1. The topological polar surface area (TPSA) is 78.2 Å². The fraction of sp³-hybridized carbons (Fsp3) is 0.538. The number of aliphatic hydroxyl groups excluding tert-OH is 1. The third kappa shape index (κ3) is 3.39. The molecule has 1 N–H and O–H groups in total. The van der Waals surface area contributed by atoms with Crippen LogP contribution in [0.2, 0.25) is 0 Å². The highest BCUT2D eigenvalue weighted by Gasteiger charge is 2.15. The smallest absolute Gasteiger partial charge is 0.119 e. The fourth-order valence-electron chi connectivity index (χ4n) is 2.19. The van der Waals surface area contributed by atoms with Gasteiger partial charge in [0.05, 0.1) is 13.2 Å². The van der Waals surface area contributed by atoms with Gasteiger partial charge in [-0.3, -0.25) is 0 Å². The minimum absolute atomic E-state index is 0.103. The molecule has 0 aliphatic heterocycles. The van der Waals surface area contributed by atoms with E-state index in [-0.39, 0.29) is 12.6 Å². The van der Waals surface area contributed by atoms with Gasteiger partial charge in [0.1, 0.15) is 5.75 Å². The number of benzene rings is 1. The lowest BCUT2D eigenvalue weighted by molar-refractivity contribution is 0.279. The van der Waals surface area contributed by atoms with Gasteiger partial charge in [-0.05, 0) is 61.0 Å². The molecule has 0 bridgehead atoms. The molecule has 0 amide bonds. The zero-order valence-electron chi connectivity index (χ0n) is 11.1. The van der Waals surface area contributed by atoms with Gasteiger partial charge >= 0.3 is 0 Å². The first kappa shape index (κ1) is 14.4. The predicted molar refractivity (Wildman–Crippen MR) is 70.7 cm³/mol. The second-order valence-electron chi connectivity index (χ2n) is 4.26. The van der Waals surface area contributed by atoms with E-state index < -0.39 is 0 Å². The van der Waals surface area contributed by atoms with Crippen molar-refractivity contribution >= 4 is 0 Å². The van der Waals surface area contributed by atoms with Gasteiger partial charge in [0, 0.05) is 11.5 Å². The number of rotatable bonds is 6. The Labute approximate surface area is 107 Å². The maximum Gasteiger partial charge on any atom is 0.119 e. The molecule has 0 saturated carbocycles. The first-order valence-corrected chi connectivity index (χ1v) is 5.94. The lowest BCUT2D eigenvalue weighted by Gasteiger charge is -2.18. The molecule has 0 radical (unpaired) electrons. The summed E-state index contributed by atoms with van der Waals surface area (Å²) in [4.78, 5) is 2.90. The molecule has 0 aliphatic carbocycles. The second kappa shape index (κ2) is 6.89. The third-order valence-corrected chi connectivity index (χ3v) is 2.96. The molecule has 18 heavy (non-hydrogen) atoms. The highest BCUT2D eigenvalue weighted by atomic mass is 16.5. The van der Waals surface area contributed by atoms with Gasteiger partial charge in [0.25, 0.3) is 0 Å². The number of aryl methyl sites for hydroxylation is 2. The van der Waals surface area contributed by atoms with Gasteiger partial charge in [-0.15, -0.1) is 0 Å². The largest absolute Gasteiger partial charge is 0.497 e. The molecule has 1 atom stereocenters. The monoisotopic (exact) mass is 249 g/mol. The maximum atomic E-state index is 8.90. The van der Waals surface area contributed by atoms with Crippen molar-refractivity contribution in [2.24, 2.45) is 5.11 Å². The quantitative estimate of drug-likeness (QED) is 0.476. The molecular formula is C13H19N3O2. The molecule has 0 aliphatic rings. The molecule has 0 aromatic heterocycles. The number of nitrogens with zero attached hydrogens (tertiary/aromatic N) is 3. The van der Waals surface area contributed by atoms with Gasteiger partial charge in [-0.2, -0.15) is 0 Å². The number of aliphatic hydroxyl groups is 1. The van der Waals surface area contributed by atoms with Gasteiger partial charge in [-0.25, -0.2) is 0 Å². The Bertz CT molecular complexity index is 431. The van der Waals surface area contributed by atoms with Crippen LogP contribution in [0.15, 0.2) is 17.2 Å². The van der Waals surface area contributed by atoms with Crippen molar-refractivity contribution in [3.63, 3.8) is 0 Å². The van der Waals surface area contributed by atoms with Crippen LogP contribution in [0, 0.1) is 13.8 Å². The van der Waals surface area contributed by atoms with Crippen LogP contribution in [0.3, 0.4) is 0 Å². The van der Waals surface area contributed by atoms with Crippen LogP contribution in [0.4, 0.5) is 0 Å².